The van der Waals surface area contributed by atoms with Gasteiger partial charge in [0.1, 0.15) is 0 Å². The van der Waals surface area contributed by atoms with Crippen LogP contribution in [0.25, 0.3) is 24.3 Å². The number of hydrogen-bond acceptors (Lipinski definition) is 7. The second-order valence-corrected chi connectivity index (χ2v) is 13.6. The Bertz CT molecular complexity index is 2580. The van der Waals surface area contributed by atoms with Gasteiger partial charge in [-0.25, -0.2) is 0 Å². The third-order valence-electron chi connectivity index (χ3n) is 9.80. The molecule has 18 nitrogen and oxygen atoms in total. The summed E-state index contributed by atoms with van der Waals surface area (Å²) in [5.74, 6) is -8.36. The van der Waals surface area contributed by atoms with Gasteiger partial charge in [0.05, 0.1) is 19.3 Å². The maximum atomic E-state index is 12.3. The maximum absolute atomic E-state index is 12.3. The molecule has 57 heavy (non-hydrogen) atoms. The number of aliphatic carboxylic acids is 7. The minimum absolute atomic E-state index is 0.0311. The Morgan fingerprint density at radius 1 is 0.368 bits per heavy atom. The largest absolute Gasteiger partial charge is 0.481 e. The fourth-order valence-electron chi connectivity index (χ4n) is 7.29. The monoisotopic (exact) mass is 788 g/mol. The minimum Gasteiger partial charge on any atom is -0.481 e. The Labute approximate surface area is 321 Å². The van der Waals surface area contributed by atoms with Crippen LogP contribution >= 0.6 is 0 Å². The number of rotatable bonds is 18. The fourth-order valence-corrected chi connectivity index (χ4v) is 7.29. The first-order chi connectivity index (χ1) is 26.9. The van der Waals surface area contributed by atoms with Crippen LogP contribution in [-0.2, 0) is 78.5 Å². The molecule has 1 aliphatic heterocycles. The van der Waals surface area contributed by atoms with Gasteiger partial charge in [-0.05, 0) is 101 Å². The van der Waals surface area contributed by atoms with Crippen molar-refractivity contribution in [3.8, 4) is 0 Å². The molecule has 0 aromatic carbocycles. The van der Waals surface area contributed by atoms with Crippen LogP contribution in [0.3, 0.4) is 0 Å². The molecule has 1 aliphatic rings. The molecule has 8 bridgehead atoms. The van der Waals surface area contributed by atoms with Crippen molar-refractivity contribution in [2.75, 3.05) is 0 Å². The van der Waals surface area contributed by atoms with E-state index in [2.05, 4.69) is 19.9 Å². The van der Waals surface area contributed by atoms with E-state index >= 15 is 0 Å². The Morgan fingerprint density at radius 2 is 0.667 bits per heavy atom. The van der Waals surface area contributed by atoms with E-state index in [1.807, 2.05) is 0 Å². The summed E-state index contributed by atoms with van der Waals surface area (Å²) in [6.07, 6.45) is 2.54. The van der Waals surface area contributed by atoms with Gasteiger partial charge >= 0.3 is 41.8 Å². The van der Waals surface area contributed by atoms with E-state index < -0.39 is 73.9 Å². The molecule has 0 unspecified atom stereocenters. The summed E-state index contributed by atoms with van der Waals surface area (Å²) >= 11 is 0. The van der Waals surface area contributed by atoms with Crippen LogP contribution in [-0.4, -0.2) is 97.5 Å². The van der Waals surface area contributed by atoms with E-state index in [4.69, 9.17) is 0 Å². The first-order valence-electron chi connectivity index (χ1n) is 17.8. The average molecular weight is 789 g/mol. The van der Waals surface area contributed by atoms with Gasteiger partial charge in [0.25, 0.3) is 0 Å². The molecular weight excluding hydrogens is 748 g/mol. The molecule has 4 aromatic rings. The molecule has 0 saturated heterocycles. The van der Waals surface area contributed by atoms with Crippen molar-refractivity contribution in [3.63, 3.8) is 0 Å². The molecule has 5 heterocycles. The van der Waals surface area contributed by atoms with Gasteiger partial charge in [0, 0.05) is 69.9 Å². The summed E-state index contributed by atoms with van der Waals surface area (Å²) in [6, 6.07) is 0. The minimum atomic E-state index is -1.27. The second kappa shape index (κ2) is 17.1. The zero-order valence-corrected chi connectivity index (χ0v) is 30.6. The Balaban J connectivity index is 2.03. The number of carbonyl (C=O) groups is 7. The number of fused-ring (bicyclic) bond motifs is 8. The first kappa shape index (κ1) is 41.1. The van der Waals surface area contributed by atoms with Gasteiger partial charge in [-0.15, -0.1) is 0 Å². The predicted molar refractivity (Wildman–Crippen MR) is 199 cm³/mol. The molecular formula is C39H40N4O14. The molecule has 0 aliphatic carbocycles. The zero-order chi connectivity index (χ0) is 41.7. The van der Waals surface area contributed by atoms with Crippen LogP contribution < -0.4 is 21.4 Å². The fraction of sp³-hybridized carbons (Fsp3) is 0.308. The topological polar surface area (TPSA) is 324 Å². The third-order valence-corrected chi connectivity index (χ3v) is 9.80. The lowest BCUT2D eigenvalue weighted by Crippen LogP contribution is -2.15. The van der Waals surface area contributed by atoms with E-state index in [-0.39, 0.29) is 94.3 Å². The molecule has 0 spiro atoms. The normalized spacial score (nSPS) is 11.8. The number of carboxylic acid groups (broad SMARTS) is 7. The smallest absolute Gasteiger partial charge is 0.307 e. The summed E-state index contributed by atoms with van der Waals surface area (Å²) in [6.45, 7) is 1.72. The summed E-state index contributed by atoms with van der Waals surface area (Å²) in [4.78, 5) is 96.7. The molecule has 0 amide bonds. The van der Waals surface area contributed by atoms with Gasteiger partial charge in [0.2, 0.25) is 0 Å². The Morgan fingerprint density at radius 3 is 1.07 bits per heavy atom. The number of carboxylic acids is 7. The molecule has 0 saturated carbocycles. The number of aromatic nitrogens is 4. The highest BCUT2D eigenvalue weighted by Crippen LogP contribution is 2.26. The van der Waals surface area contributed by atoms with Crippen molar-refractivity contribution >= 4 is 66.1 Å². The van der Waals surface area contributed by atoms with Crippen molar-refractivity contribution in [1.29, 1.82) is 0 Å². The highest BCUT2D eigenvalue weighted by atomic mass is 16.4. The number of hydrogen-bond donors (Lipinski definition) is 11. The van der Waals surface area contributed by atoms with E-state index in [1.165, 1.54) is 12.2 Å². The Kier molecular flexibility index (Phi) is 12.3. The molecule has 0 fully saturated rings. The van der Waals surface area contributed by atoms with Crippen LogP contribution in [0, 0.1) is 6.92 Å². The second-order valence-electron chi connectivity index (χ2n) is 13.6. The average Bonchev–Trinajstić information content (AvgIpc) is 3.77. The molecule has 11 N–H and O–H groups in total. The maximum Gasteiger partial charge on any atom is 0.307 e. The standard InChI is InChI=1S/C39H40N4O14/c1-17-18(2-6-33(44)45)26-14-27-20(4-8-35(48)49)23(11-38(54)55)31(42-27)16-29-21(5-9-36(50)51)24(12-39(56)57)32(43-29)15-28-19(3-7-34(46)47)22(10-37(52)53)30(41-28)13-25(17)40-26/h13-16,40-43H,2-12H2,1H3,(H,44,45)(H,46,47)(H,48,49)(H,50,51)(H,52,53)(H,54,55)(H,56,57). The van der Waals surface area contributed by atoms with Gasteiger partial charge in [0.15, 0.2) is 0 Å². The van der Waals surface area contributed by atoms with Gasteiger partial charge in [-0.3, -0.25) is 33.6 Å². The molecule has 4 aromatic heterocycles. The van der Waals surface area contributed by atoms with Crippen molar-refractivity contribution in [1.82, 2.24) is 19.9 Å². The molecule has 0 radical (unpaired) electrons. The van der Waals surface area contributed by atoms with Crippen LogP contribution in [0.2, 0.25) is 0 Å². The lowest BCUT2D eigenvalue weighted by Gasteiger charge is -2.05. The van der Waals surface area contributed by atoms with Crippen molar-refractivity contribution < 1.29 is 69.3 Å². The van der Waals surface area contributed by atoms with Crippen molar-refractivity contribution in [2.24, 2.45) is 0 Å². The van der Waals surface area contributed by atoms with Crippen LogP contribution in [0.15, 0.2) is 0 Å². The predicted octanol–water partition coefficient (Wildman–Crippen LogP) is -0.114. The van der Waals surface area contributed by atoms with E-state index in [1.54, 1.807) is 19.1 Å². The summed E-state index contributed by atoms with van der Waals surface area (Å²) < 4.78 is 0. The quantitative estimate of drug-likeness (QED) is 0.0552. The summed E-state index contributed by atoms with van der Waals surface area (Å²) in [5.41, 5.74) is 3.61. The number of nitrogens with one attached hydrogen (secondary N) is 4. The van der Waals surface area contributed by atoms with Crippen LogP contribution in [0.4, 0.5) is 0 Å². The van der Waals surface area contributed by atoms with Crippen LogP contribution in [0.5, 0.6) is 0 Å². The molecule has 18 heteroatoms. The van der Waals surface area contributed by atoms with Gasteiger partial charge in [-0.2, -0.15) is 0 Å². The van der Waals surface area contributed by atoms with E-state index in [9.17, 15) is 69.3 Å². The molecule has 0 atom stereocenters. The van der Waals surface area contributed by atoms with Gasteiger partial charge in [-0.1, -0.05) is 0 Å². The van der Waals surface area contributed by atoms with Crippen molar-refractivity contribution in [2.45, 2.75) is 77.6 Å². The highest BCUT2D eigenvalue weighted by molar-refractivity contribution is 5.78. The van der Waals surface area contributed by atoms with Crippen LogP contribution in [0.1, 0.15) is 93.0 Å². The molecule has 5 rings (SSSR count). The summed E-state index contributed by atoms with van der Waals surface area (Å²) in [7, 11) is 0. The number of aromatic amines is 4. The van der Waals surface area contributed by atoms with E-state index in [0.29, 0.717) is 33.0 Å². The third kappa shape index (κ3) is 9.77. The van der Waals surface area contributed by atoms with E-state index in [0.717, 1.165) is 0 Å². The zero-order valence-electron chi connectivity index (χ0n) is 30.6. The lowest BCUT2D eigenvalue weighted by atomic mass is 9.98. The lowest BCUT2D eigenvalue weighted by molar-refractivity contribution is -0.138. The summed E-state index contributed by atoms with van der Waals surface area (Å²) in [5, 5.41) is 69.6. The Hall–Kier alpha value is -7.11. The SMILES string of the molecule is Cc1c(CCC(=O)O)c2[nH]c1=Cc1[nH]c(c(CCC(=O)O)c1CC(=O)O)C=c1[nH]c(c(CCC(=O)O)c1CC(=O)O)=Cc1[nH]c(c(CCC(=O)O)c1CC(=O)O)C=2. The van der Waals surface area contributed by atoms with Crippen molar-refractivity contribution in [3.05, 3.63) is 88.7 Å². The highest BCUT2D eigenvalue weighted by Gasteiger charge is 2.24. The first-order valence-corrected chi connectivity index (χ1v) is 17.8. The molecule has 300 valence electrons. The van der Waals surface area contributed by atoms with Gasteiger partial charge < -0.3 is 55.7 Å². The number of H-pyrrole nitrogens is 4.